The number of hydrogen-bond donors (Lipinski definition) is 0. The van der Waals surface area contributed by atoms with Crippen molar-refractivity contribution in [1.29, 1.82) is 0 Å². The Morgan fingerprint density at radius 2 is 1.96 bits per heavy atom. The van der Waals surface area contributed by atoms with Crippen molar-refractivity contribution in [3.63, 3.8) is 0 Å². The van der Waals surface area contributed by atoms with Crippen molar-refractivity contribution in [2.75, 3.05) is 18.1 Å². The Balaban J connectivity index is 1.69. The van der Waals surface area contributed by atoms with Crippen LogP contribution in [0.25, 0.3) is 0 Å². The highest BCUT2D eigenvalue weighted by atomic mass is 16.5. The number of rotatable bonds is 5. The number of ether oxygens (including phenoxy) is 1. The number of benzene rings is 1. The number of amides is 1. The monoisotopic (exact) mass is 355 g/mol. The van der Waals surface area contributed by atoms with Gasteiger partial charge in [-0.3, -0.25) is 9.59 Å². The lowest BCUT2D eigenvalue weighted by atomic mass is 10.1. The highest BCUT2D eigenvalue weighted by Gasteiger charge is 2.23. The van der Waals surface area contributed by atoms with Crippen LogP contribution in [0.3, 0.4) is 0 Å². The van der Waals surface area contributed by atoms with Gasteiger partial charge >= 0.3 is 5.97 Å². The number of ketones is 1. The van der Waals surface area contributed by atoms with E-state index in [2.05, 4.69) is 0 Å². The predicted octanol–water partition coefficient (Wildman–Crippen LogP) is 3.37. The Kier molecular flexibility index (Phi) is 4.93. The number of Topliss-reactive ketones (excluding diaryl/α,β-unsaturated/α-hetero) is 1. The highest BCUT2D eigenvalue weighted by Crippen LogP contribution is 2.23. The molecule has 1 aromatic carbocycles. The van der Waals surface area contributed by atoms with Crippen LogP contribution < -0.4 is 4.90 Å². The van der Waals surface area contributed by atoms with E-state index >= 15 is 0 Å². The maximum absolute atomic E-state index is 12.4. The van der Waals surface area contributed by atoms with E-state index in [0.29, 0.717) is 41.3 Å². The first kappa shape index (κ1) is 17.9. The molecule has 0 spiro atoms. The van der Waals surface area contributed by atoms with Gasteiger partial charge in [0.2, 0.25) is 5.91 Å². The summed E-state index contributed by atoms with van der Waals surface area (Å²) in [5.41, 5.74) is 2.19. The second-order valence-corrected chi connectivity index (χ2v) is 6.41. The summed E-state index contributed by atoms with van der Waals surface area (Å²) in [6.07, 6.45) is 1.34. The Morgan fingerprint density at radius 3 is 2.58 bits per heavy atom. The van der Waals surface area contributed by atoms with Crippen LogP contribution >= 0.6 is 0 Å². The number of anilines is 1. The number of carbonyl (C=O) groups excluding carboxylic acids is 3. The molecule has 0 bridgehead atoms. The number of furan rings is 1. The van der Waals surface area contributed by atoms with Gasteiger partial charge in [-0.15, -0.1) is 0 Å². The van der Waals surface area contributed by atoms with Crippen molar-refractivity contribution in [1.82, 2.24) is 0 Å². The summed E-state index contributed by atoms with van der Waals surface area (Å²) in [5, 5.41) is 0. The molecule has 2 heterocycles. The summed E-state index contributed by atoms with van der Waals surface area (Å²) in [7, 11) is 0. The smallest absolute Gasteiger partial charge is 0.342 e. The summed E-state index contributed by atoms with van der Waals surface area (Å²) >= 11 is 0. The molecule has 6 heteroatoms. The van der Waals surface area contributed by atoms with Gasteiger partial charge in [0.1, 0.15) is 17.1 Å². The molecule has 3 rings (SSSR count). The third-order valence-electron chi connectivity index (χ3n) is 4.65. The molecule has 1 fully saturated rings. The third-order valence-corrected chi connectivity index (χ3v) is 4.65. The van der Waals surface area contributed by atoms with Gasteiger partial charge in [-0.25, -0.2) is 4.79 Å². The number of nitrogens with zero attached hydrogens (tertiary/aromatic N) is 1. The highest BCUT2D eigenvalue weighted by molar-refractivity contribution is 6.02. The van der Waals surface area contributed by atoms with Gasteiger partial charge in [0.05, 0.1) is 0 Å². The molecule has 0 N–H and O–H groups in total. The molecule has 0 unspecified atom stereocenters. The van der Waals surface area contributed by atoms with Crippen molar-refractivity contribution >= 4 is 23.3 Å². The summed E-state index contributed by atoms with van der Waals surface area (Å²) < 4.78 is 10.6. The van der Waals surface area contributed by atoms with Crippen molar-refractivity contribution in [2.24, 2.45) is 0 Å². The van der Waals surface area contributed by atoms with Crippen molar-refractivity contribution in [3.8, 4) is 0 Å². The van der Waals surface area contributed by atoms with Crippen LogP contribution in [0.15, 0.2) is 28.7 Å². The summed E-state index contributed by atoms with van der Waals surface area (Å²) in [6, 6.07) is 6.84. The molecule has 0 aliphatic carbocycles. The van der Waals surface area contributed by atoms with Gasteiger partial charge in [-0.1, -0.05) is 12.1 Å². The first-order valence-corrected chi connectivity index (χ1v) is 8.56. The van der Waals surface area contributed by atoms with Gasteiger partial charge in [-0.05, 0) is 39.3 Å². The Bertz CT molecular complexity index is 880. The molecule has 1 aliphatic heterocycles. The van der Waals surface area contributed by atoms with Crippen molar-refractivity contribution in [2.45, 2.75) is 33.6 Å². The molecule has 1 aromatic heterocycles. The molecule has 2 aromatic rings. The zero-order valence-corrected chi connectivity index (χ0v) is 15.1. The van der Waals surface area contributed by atoms with E-state index in [1.165, 1.54) is 0 Å². The summed E-state index contributed by atoms with van der Waals surface area (Å²) in [5.74, 6) is 0.302. The van der Waals surface area contributed by atoms with Crippen LogP contribution in [0.4, 0.5) is 5.69 Å². The lowest BCUT2D eigenvalue weighted by molar-refractivity contribution is -0.117. The van der Waals surface area contributed by atoms with Crippen LogP contribution in [-0.2, 0) is 9.53 Å². The maximum Gasteiger partial charge on any atom is 0.342 e. The van der Waals surface area contributed by atoms with E-state index in [1.54, 1.807) is 49.9 Å². The van der Waals surface area contributed by atoms with E-state index in [4.69, 9.17) is 9.15 Å². The van der Waals surface area contributed by atoms with Gasteiger partial charge in [0, 0.05) is 29.8 Å². The van der Waals surface area contributed by atoms with E-state index < -0.39 is 5.97 Å². The van der Waals surface area contributed by atoms with Crippen molar-refractivity contribution in [3.05, 3.63) is 52.5 Å². The Hall–Kier alpha value is -2.89. The van der Waals surface area contributed by atoms with Crippen LogP contribution in [0.1, 0.15) is 50.6 Å². The molecular weight excluding hydrogens is 334 g/mol. The van der Waals surface area contributed by atoms with Gasteiger partial charge in [-0.2, -0.15) is 0 Å². The number of carbonyl (C=O) groups is 3. The minimum Gasteiger partial charge on any atom is -0.465 e. The van der Waals surface area contributed by atoms with Crippen LogP contribution in [-0.4, -0.2) is 30.8 Å². The molecular formula is C20H21NO5. The quantitative estimate of drug-likeness (QED) is 0.607. The fraction of sp³-hybridized carbons (Fsp3) is 0.350. The average molecular weight is 355 g/mol. The lowest BCUT2D eigenvalue weighted by Crippen LogP contribution is -2.24. The molecule has 1 aliphatic rings. The second kappa shape index (κ2) is 7.15. The maximum atomic E-state index is 12.4. The second-order valence-electron chi connectivity index (χ2n) is 6.41. The van der Waals surface area contributed by atoms with E-state index in [0.717, 1.165) is 12.0 Å². The largest absolute Gasteiger partial charge is 0.465 e. The number of esters is 1. The van der Waals surface area contributed by atoms with E-state index in [1.807, 2.05) is 0 Å². The SMILES string of the molecule is Cc1oc(C)c(C(=O)OCC(=O)c2cccc(N3CCCC3=O)c2)c1C. The Morgan fingerprint density at radius 1 is 1.19 bits per heavy atom. The minimum absolute atomic E-state index is 0.0577. The minimum atomic E-state index is -0.573. The zero-order valence-electron chi connectivity index (χ0n) is 15.1. The molecule has 0 atom stereocenters. The average Bonchev–Trinajstić information content (AvgIpc) is 3.15. The summed E-state index contributed by atoms with van der Waals surface area (Å²) in [4.78, 5) is 38.2. The van der Waals surface area contributed by atoms with E-state index in [-0.39, 0.29) is 18.3 Å². The zero-order chi connectivity index (χ0) is 18.8. The van der Waals surface area contributed by atoms with Gasteiger partial charge in [0.25, 0.3) is 0 Å². The molecule has 0 saturated carbocycles. The lowest BCUT2D eigenvalue weighted by Gasteiger charge is -2.16. The van der Waals surface area contributed by atoms with Crippen molar-refractivity contribution < 1.29 is 23.5 Å². The Labute approximate surface area is 151 Å². The molecule has 26 heavy (non-hydrogen) atoms. The molecule has 1 saturated heterocycles. The van der Waals surface area contributed by atoms with Crippen LogP contribution in [0, 0.1) is 20.8 Å². The normalized spacial score (nSPS) is 14.0. The van der Waals surface area contributed by atoms with Gasteiger partial charge in [0.15, 0.2) is 12.4 Å². The van der Waals surface area contributed by atoms with Crippen LogP contribution in [0.5, 0.6) is 0 Å². The third kappa shape index (κ3) is 3.40. The topological polar surface area (TPSA) is 76.8 Å². The van der Waals surface area contributed by atoms with Gasteiger partial charge < -0.3 is 14.1 Å². The fourth-order valence-corrected chi connectivity index (χ4v) is 3.15. The molecule has 0 radical (unpaired) electrons. The van der Waals surface area contributed by atoms with E-state index in [9.17, 15) is 14.4 Å². The standard InChI is InChI=1S/C20H21NO5/c1-12-13(2)26-14(3)19(12)20(24)25-11-17(22)15-6-4-7-16(10-15)21-9-5-8-18(21)23/h4,6-7,10H,5,8-9,11H2,1-3H3. The molecule has 6 nitrogen and oxygen atoms in total. The molecule has 136 valence electrons. The van der Waals surface area contributed by atoms with Crippen LogP contribution in [0.2, 0.25) is 0 Å². The first-order valence-electron chi connectivity index (χ1n) is 8.56. The number of aryl methyl sites for hydroxylation is 2. The summed E-state index contributed by atoms with van der Waals surface area (Å²) in [6.45, 7) is 5.54. The first-order chi connectivity index (χ1) is 12.4. The number of hydrogen-bond acceptors (Lipinski definition) is 5. The predicted molar refractivity (Wildman–Crippen MR) is 95.6 cm³/mol. The fourth-order valence-electron chi connectivity index (χ4n) is 3.15. The molecule has 1 amide bonds.